The Labute approximate surface area is 329 Å². The fourth-order valence-corrected chi connectivity index (χ4v) is 9.71. The number of Topliss-reactive ketones (excluding diaryl/α,β-unsaturated/α-hetero) is 5. The zero-order chi connectivity index (χ0) is 39.6. The van der Waals surface area contributed by atoms with E-state index in [0.717, 1.165) is 5.56 Å². The number of allylic oxidation sites excluding steroid dienone is 3. The number of carbonyl (C=O) groups is 6. The lowest BCUT2D eigenvalue weighted by Gasteiger charge is -2.25. The van der Waals surface area contributed by atoms with Crippen molar-refractivity contribution in [1.82, 2.24) is 4.98 Å². The molecule has 59 heavy (non-hydrogen) atoms. The summed E-state index contributed by atoms with van der Waals surface area (Å²) >= 11 is 0. The molecule has 0 atom stereocenters. The van der Waals surface area contributed by atoms with Crippen LogP contribution in [0.4, 0.5) is 11.4 Å². The lowest BCUT2D eigenvalue weighted by atomic mass is 9.74. The van der Waals surface area contributed by atoms with E-state index in [1.807, 2.05) is 42.5 Å². The molecule has 1 aromatic heterocycles. The maximum Gasteiger partial charge on any atom is 0.228 e. The molecule has 13 rings (SSSR count). The van der Waals surface area contributed by atoms with Crippen molar-refractivity contribution in [1.29, 1.82) is 0 Å². The molecule has 4 aliphatic carbocycles. The molecule has 0 amide bonds. The highest BCUT2D eigenvalue weighted by Gasteiger charge is 2.43. The van der Waals surface area contributed by atoms with Gasteiger partial charge in [-0.3, -0.25) is 28.8 Å². The Morgan fingerprint density at radius 2 is 1.41 bits per heavy atom. The molecule has 0 unspecified atom stereocenters. The van der Waals surface area contributed by atoms with Crippen molar-refractivity contribution >= 4 is 108 Å². The van der Waals surface area contributed by atoms with Crippen LogP contribution in [-0.4, -0.2) is 45.4 Å². The second-order valence-electron chi connectivity index (χ2n) is 15.4. The standard InChI is InChI=1S/C49H21N3O7/c53-22-10-9-20-14-30-31(15-21(20)13-22)44-39(42-41-36(56)19-33-40(46(41)52-45(30)42)48(58)26-6-2-1-5-25(26)47(33)57)27-12-11-24-32(43(27)51-44)18-28-29(16-23(54)17-35(28)55)38(24)49-50-34-7-3-4-8-37(34)59-49/h1-16,18H,17,19H2. The Morgan fingerprint density at radius 1 is 0.610 bits per heavy atom. The van der Waals surface area contributed by atoms with E-state index in [0.29, 0.717) is 86.6 Å². The van der Waals surface area contributed by atoms with Crippen molar-refractivity contribution in [2.24, 2.45) is 9.98 Å². The number of oxazole rings is 1. The van der Waals surface area contributed by atoms with E-state index in [1.54, 1.807) is 48.6 Å². The minimum atomic E-state index is -0.367. The van der Waals surface area contributed by atoms with E-state index in [9.17, 15) is 28.8 Å². The van der Waals surface area contributed by atoms with Gasteiger partial charge in [0.25, 0.3) is 0 Å². The quantitative estimate of drug-likeness (QED) is 0.206. The minimum absolute atomic E-state index is 0.130. The van der Waals surface area contributed by atoms with Crippen molar-refractivity contribution in [3.05, 3.63) is 150 Å². The number of carbonyl (C=O) groups excluding carboxylic acids is 6. The Kier molecular flexibility index (Phi) is 5.88. The summed E-state index contributed by atoms with van der Waals surface area (Å²) in [4.78, 5) is 97.0. The van der Waals surface area contributed by atoms with Gasteiger partial charge in [-0.15, -0.1) is 0 Å². The number of benzene rings is 6. The van der Waals surface area contributed by atoms with Crippen LogP contribution in [0.3, 0.4) is 0 Å². The van der Waals surface area contributed by atoms with E-state index >= 15 is 0 Å². The number of ketones is 6. The van der Waals surface area contributed by atoms with Crippen LogP contribution in [0.25, 0.3) is 67.9 Å². The third-order valence-electron chi connectivity index (χ3n) is 12.2. The summed E-state index contributed by atoms with van der Waals surface area (Å²) in [7, 11) is 0. The molecule has 6 aliphatic rings. The van der Waals surface area contributed by atoms with Crippen LogP contribution in [0.15, 0.2) is 110 Å². The van der Waals surface area contributed by atoms with Crippen molar-refractivity contribution in [3.63, 3.8) is 0 Å². The first-order chi connectivity index (χ1) is 28.7. The molecule has 274 valence electrons. The van der Waals surface area contributed by atoms with Gasteiger partial charge < -0.3 is 4.42 Å². The van der Waals surface area contributed by atoms with Gasteiger partial charge in [-0.1, -0.05) is 54.6 Å². The second kappa shape index (κ2) is 10.8. The number of para-hydroxylation sites is 2. The highest BCUT2D eigenvalue weighted by Crippen LogP contribution is 2.41. The molecule has 0 saturated heterocycles. The van der Waals surface area contributed by atoms with Gasteiger partial charge in [0, 0.05) is 65.7 Å². The fourth-order valence-electron chi connectivity index (χ4n) is 9.71. The Morgan fingerprint density at radius 3 is 2.25 bits per heavy atom. The van der Waals surface area contributed by atoms with Crippen LogP contribution in [0.1, 0.15) is 49.5 Å². The van der Waals surface area contributed by atoms with Crippen LogP contribution >= 0.6 is 0 Å². The average molecular weight is 764 g/mol. The Hall–Kier alpha value is -8.11. The molecular weight excluding hydrogens is 743 g/mol. The molecule has 0 fully saturated rings. The maximum atomic E-state index is 14.5. The second-order valence-corrected chi connectivity index (χ2v) is 15.4. The summed E-state index contributed by atoms with van der Waals surface area (Å²) in [6.45, 7) is 0. The van der Waals surface area contributed by atoms with E-state index in [4.69, 9.17) is 19.4 Å². The number of fused-ring (bicyclic) bond motifs is 15. The number of rotatable bonds is 1. The summed E-state index contributed by atoms with van der Waals surface area (Å²) < 4.78 is 6.28. The van der Waals surface area contributed by atoms with Crippen molar-refractivity contribution in [2.45, 2.75) is 12.8 Å². The number of nitrogens with zero attached hydrogens (tertiary/aromatic N) is 3. The lowest BCUT2D eigenvalue weighted by Crippen LogP contribution is -2.35. The summed E-state index contributed by atoms with van der Waals surface area (Å²) in [5.74, 6) is -1.66. The minimum Gasteiger partial charge on any atom is -0.436 e. The molecule has 0 radical (unpaired) electrons. The van der Waals surface area contributed by atoms with E-state index in [1.165, 1.54) is 12.2 Å². The summed E-state index contributed by atoms with van der Waals surface area (Å²) in [6.07, 6.45) is 5.70. The van der Waals surface area contributed by atoms with Crippen LogP contribution in [0, 0.1) is 10.4 Å². The highest BCUT2D eigenvalue weighted by molar-refractivity contribution is 6.59. The van der Waals surface area contributed by atoms with Crippen molar-refractivity contribution in [3.8, 4) is 11.5 Å². The van der Waals surface area contributed by atoms with Crippen LogP contribution in [0.5, 0.6) is 0 Å². The largest absolute Gasteiger partial charge is 0.436 e. The van der Waals surface area contributed by atoms with Gasteiger partial charge in [0.15, 0.2) is 40.3 Å². The summed E-state index contributed by atoms with van der Waals surface area (Å²) in [5.41, 5.74) is 4.91. The predicted molar refractivity (Wildman–Crippen MR) is 217 cm³/mol. The van der Waals surface area contributed by atoms with Gasteiger partial charge in [0.2, 0.25) is 5.89 Å². The van der Waals surface area contributed by atoms with Crippen molar-refractivity contribution < 1.29 is 33.2 Å². The van der Waals surface area contributed by atoms with Gasteiger partial charge in [-0.05, 0) is 64.7 Å². The van der Waals surface area contributed by atoms with Crippen LogP contribution < -0.4 is 21.0 Å². The third-order valence-corrected chi connectivity index (χ3v) is 12.2. The van der Waals surface area contributed by atoms with E-state index < -0.39 is 0 Å². The SMILES string of the molecule is O=C1C=Cc2cc3c4c(c5c(c3cc2=C1)=Nc1c=5ccc2c(-c3nc5ccccc5o3)c3c(cc12)C(=O)CC(=O)C=3)=C1C(=O)CC2=C(C(=O)c3ccccc3C2=O)C1=N4. The highest BCUT2D eigenvalue weighted by atomic mass is 16.3. The maximum absolute atomic E-state index is 14.5. The topological polar surface area (TPSA) is 153 Å². The molecule has 0 spiro atoms. The van der Waals surface area contributed by atoms with Gasteiger partial charge in [0.05, 0.1) is 45.6 Å². The molecular formula is C49H21N3O7. The zero-order valence-corrected chi connectivity index (χ0v) is 30.4. The fraction of sp³-hybridized carbons (Fsp3) is 0.0408. The summed E-state index contributed by atoms with van der Waals surface area (Å²) in [6, 6.07) is 23.3. The normalized spacial score (nSPS) is 16.9. The first-order valence-electron chi connectivity index (χ1n) is 19.0. The molecule has 0 N–H and O–H groups in total. The number of hydrogen-bond donors (Lipinski definition) is 0. The first-order valence-corrected chi connectivity index (χ1v) is 19.0. The molecule has 0 bridgehead atoms. The number of aromatic nitrogens is 1. The van der Waals surface area contributed by atoms with Gasteiger partial charge >= 0.3 is 0 Å². The van der Waals surface area contributed by atoms with Gasteiger partial charge in [-0.2, -0.15) is 0 Å². The predicted octanol–water partition coefficient (Wildman–Crippen LogP) is 5.25. The molecule has 7 aromatic rings. The van der Waals surface area contributed by atoms with Gasteiger partial charge in [-0.25, -0.2) is 15.0 Å². The Bertz CT molecular complexity index is 3920. The van der Waals surface area contributed by atoms with Crippen LogP contribution in [0.2, 0.25) is 0 Å². The average Bonchev–Trinajstić information content (AvgIpc) is 3.96. The van der Waals surface area contributed by atoms with Gasteiger partial charge in [0.1, 0.15) is 5.52 Å². The molecule has 6 aromatic carbocycles. The Balaban J connectivity index is 1.20. The monoisotopic (exact) mass is 763 g/mol. The zero-order valence-electron chi connectivity index (χ0n) is 30.4. The lowest BCUT2D eigenvalue weighted by molar-refractivity contribution is -0.113. The molecule has 10 nitrogen and oxygen atoms in total. The third kappa shape index (κ3) is 4.06. The van der Waals surface area contributed by atoms with E-state index in [-0.39, 0.29) is 87.0 Å². The number of hydrogen-bond acceptors (Lipinski definition) is 10. The molecule has 0 saturated carbocycles. The molecule has 2 aliphatic heterocycles. The molecule has 10 heteroatoms. The molecule has 3 heterocycles. The van der Waals surface area contributed by atoms with Crippen LogP contribution in [-0.2, 0) is 14.4 Å². The smallest absolute Gasteiger partial charge is 0.228 e. The number of aliphatic imine (C=N–C) groups is 1. The first kappa shape index (κ1) is 32.0. The summed E-state index contributed by atoms with van der Waals surface area (Å²) in [5, 5.41) is 5.96. The van der Waals surface area contributed by atoms with E-state index in [2.05, 4.69) is 0 Å². The van der Waals surface area contributed by atoms with Crippen molar-refractivity contribution in [2.75, 3.05) is 0 Å².